The summed E-state index contributed by atoms with van der Waals surface area (Å²) >= 11 is 9.67. The minimum absolute atomic E-state index is 0.225. The molecule has 1 unspecified atom stereocenters. The first kappa shape index (κ1) is 15.3. The van der Waals surface area contributed by atoms with E-state index in [0.29, 0.717) is 11.6 Å². The maximum Gasteiger partial charge on any atom is 0.0873 e. The minimum Gasteiger partial charge on any atom is -0.388 e. The molecule has 1 aliphatic rings. The topological polar surface area (TPSA) is 46.2 Å². The highest BCUT2D eigenvalue weighted by Gasteiger charge is 2.40. The van der Waals surface area contributed by atoms with Crippen LogP contribution in [-0.2, 0) is 0 Å². The molecule has 0 amide bonds. The SMILES string of the molecule is CC1CCC(CN)(C(O)c2cc(Br)ccc2Cl)CC1. The van der Waals surface area contributed by atoms with Gasteiger partial charge in [-0.15, -0.1) is 0 Å². The number of nitrogens with two attached hydrogens (primary N) is 1. The number of rotatable bonds is 3. The van der Waals surface area contributed by atoms with E-state index in [1.165, 1.54) is 0 Å². The van der Waals surface area contributed by atoms with Crippen LogP contribution in [0, 0.1) is 11.3 Å². The van der Waals surface area contributed by atoms with Gasteiger partial charge in [0, 0.05) is 27.0 Å². The van der Waals surface area contributed by atoms with Crippen LogP contribution in [-0.4, -0.2) is 11.7 Å². The molecule has 0 saturated heterocycles. The van der Waals surface area contributed by atoms with Gasteiger partial charge in [-0.25, -0.2) is 0 Å². The van der Waals surface area contributed by atoms with E-state index in [1.54, 1.807) is 0 Å². The van der Waals surface area contributed by atoms with Gasteiger partial charge in [0.15, 0.2) is 0 Å². The number of hydrogen-bond acceptors (Lipinski definition) is 2. The van der Waals surface area contributed by atoms with E-state index in [9.17, 15) is 5.11 Å². The fraction of sp³-hybridized carbons (Fsp3) is 0.600. The molecule has 2 rings (SSSR count). The van der Waals surface area contributed by atoms with Gasteiger partial charge in [0.25, 0.3) is 0 Å². The number of benzene rings is 1. The second kappa shape index (κ2) is 6.13. The highest BCUT2D eigenvalue weighted by molar-refractivity contribution is 9.10. The van der Waals surface area contributed by atoms with Crippen molar-refractivity contribution in [3.05, 3.63) is 33.3 Å². The molecule has 0 aliphatic heterocycles. The first-order valence-corrected chi connectivity index (χ1v) is 7.99. The number of aliphatic hydroxyl groups excluding tert-OH is 1. The normalized spacial score (nSPS) is 29.2. The van der Waals surface area contributed by atoms with Gasteiger partial charge < -0.3 is 10.8 Å². The fourth-order valence-electron chi connectivity index (χ4n) is 2.98. The molecule has 0 aromatic heterocycles. The van der Waals surface area contributed by atoms with Gasteiger partial charge in [-0.3, -0.25) is 0 Å². The summed E-state index contributed by atoms with van der Waals surface area (Å²) < 4.78 is 0.933. The first-order chi connectivity index (χ1) is 8.98. The third-order valence-electron chi connectivity index (χ3n) is 4.51. The number of aliphatic hydroxyl groups is 1. The maximum atomic E-state index is 10.8. The van der Waals surface area contributed by atoms with Crippen molar-refractivity contribution in [3.63, 3.8) is 0 Å². The molecule has 0 radical (unpaired) electrons. The molecule has 0 heterocycles. The van der Waals surface area contributed by atoms with Gasteiger partial charge >= 0.3 is 0 Å². The molecule has 0 bridgehead atoms. The summed E-state index contributed by atoms with van der Waals surface area (Å²) in [7, 11) is 0. The molecule has 106 valence electrons. The Balaban J connectivity index is 2.30. The Morgan fingerprint density at radius 3 is 2.68 bits per heavy atom. The quantitative estimate of drug-likeness (QED) is 0.857. The lowest BCUT2D eigenvalue weighted by Crippen LogP contribution is -2.40. The molecule has 1 aromatic rings. The van der Waals surface area contributed by atoms with E-state index in [-0.39, 0.29) is 5.41 Å². The Morgan fingerprint density at radius 2 is 2.11 bits per heavy atom. The Hall–Kier alpha value is -0.0900. The molecule has 2 nitrogen and oxygen atoms in total. The average molecular weight is 347 g/mol. The third kappa shape index (κ3) is 3.15. The van der Waals surface area contributed by atoms with Crippen LogP contribution in [0.15, 0.2) is 22.7 Å². The van der Waals surface area contributed by atoms with Crippen LogP contribution in [0.3, 0.4) is 0 Å². The van der Waals surface area contributed by atoms with Crippen LogP contribution in [0.1, 0.15) is 44.3 Å². The zero-order chi connectivity index (χ0) is 14.0. The summed E-state index contributed by atoms with van der Waals surface area (Å²) in [5.74, 6) is 0.727. The Morgan fingerprint density at radius 1 is 1.47 bits per heavy atom. The van der Waals surface area contributed by atoms with Crippen molar-refractivity contribution in [2.45, 2.75) is 38.7 Å². The summed E-state index contributed by atoms with van der Waals surface area (Å²) in [4.78, 5) is 0. The predicted molar refractivity (Wildman–Crippen MR) is 83.2 cm³/mol. The summed E-state index contributed by atoms with van der Waals surface area (Å²) in [5, 5.41) is 11.4. The van der Waals surface area contributed by atoms with Crippen molar-refractivity contribution in [2.75, 3.05) is 6.54 Å². The van der Waals surface area contributed by atoms with Crippen molar-refractivity contribution in [3.8, 4) is 0 Å². The van der Waals surface area contributed by atoms with E-state index in [1.807, 2.05) is 18.2 Å². The Labute approximate surface area is 128 Å². The summed E-state index contributed by atoms with van der Waals surface area (Å²) in [5.41, 5.74) is 6.56. The largest absolute Gasteiger partial charge is 0.388 e. The highest BCUT2D eigenvalue weighted by atomic mass is 79.9. The summed E-state index contributed by atoms with van der Waals surface area (Å²) in [6.07, 6.45) is 3.60. The van der Waals surface area contributed by atoms with Gasteiger partial charge in [-0.2, -0.15) is 0 Å². The number of halogens is 2. The van der Waals surface area contributed by atoms with Crippen molar-refractivity contribution < 1.29 is 5.11 Å². The Bertz CT molecular complexity index is 444. The van der Waals surface area contributed by atoms with E-state index in [2.05, 4.69) is 22.9 Å². The van der Waals surface area contributed by atoms with Crippen molar-refractivity contribution >= 4 is 27.5 Å². The van der Waals surface area contributed by atoms with Gasteiger partial charge in [0.05, 0.1) is 6.10 Å². The maximum absolute atomic E-state index is 10.8. The van der Waals surface area contributed by atoms with Crippen molar-refractivity contribution in [2.24, 2.45) is 17.1 Å². The molecule has 1 aliphatic carbocycles. The van der Waals surface area contributed by atoms with Crippen LogP contribution < -0.4 is 5.73 Å². The molecule has 1 fully saturated rings. The fourth-order valence-corrected chi connectivity index (χ4v) is 3.58. The van der Waals surface area contributed by atoms with E-state index >= 15 is 0 Å². The molecule has 1 atom stereocenters. The van der Waals surface area contributed by atoms with Gasteiger partial charge in [-0.1, -0.05) is 47.3 Å². The minimum atomic E-state index is -0.588. The average Bonchev–Trinajstić information content (AvgIpc) is 2.42. The van der Waals surface area contributed by atoms with Crippen LogP contribution in [0.4, 0.5) is 0 Å². The zero-order valence-electron chi connectivity index (χ0n) is 11.2. The molecule has 1 aromatic carbocycles. The molecular formula is C15H21BrClNO. The van der Waals surface area contributed by atoms with Gasteiger partial charge in [0.1, 0.15) is 0 Å². The molecule has 19 heavy (non-hydrogen) atoms. The third-order valence-corrected chi connectivity index (χ3v) is 5.35. The lowest BCUT2D eigenvalue weighted by Gasteiger charge is -2.42. The van der Waals surface area contributed by atoms with Crippen LogP contribution in [0.5, 0.6) is 0 Å². The Kier molecular flexibility index (Phi) is 4.93. The van der Waals surface area contributed by atoms with E-state index < -0.39 is 6.10 Å². The summed E-state index contributed by atoms with van der Waals surface area (Å²) in [6, 6.07) is 5.61. The van der Waals surface area contributed by atoms with Gasteiger partial charge in [-0.05, 0) is 37.0 Å². The van der Waals surface area contributed by atoms with Crippen LogP contribution in [0.2, 0.25) is 5.02 Å². The summed E-state index contributed by atoms with van der Waals surface area (Å²) in [6.45, 7) is 2.77. The second-order valence-electron chi connectivity index (χ2n) is 5.82. The standard InChI is InChI=1S/C15H21BrClNO/c1-10-4-6-15(9-18,7-5-10)14(19)12-8-11(16)2-3-13(12)17/h2-3,8,10,14,19H,4-7,9,18H2,1H3. The first-order valence-electron chi connectivity index (χ1n) is 6.81. The number of hydrogen-bond donors (Lipinski definition) is 2. The van der Waals surface area contributed by atoms with Crippen LogP contribution >= 0.6 is 27.5 Å². The second-order valence-corrected chi connectivity index (χ2v) is 7.14. The van der Waals surface area contributed by atoms with E-state index in [0.717, 1.165) is 41.6 Å². The van der Waals surface area contributed by atoms with Crippen molar-refractivity contribution in [1.82, 2.24) is 0 Å². The lowest BCUT2D eigenvalue weighted by molar-refractivity contribution is -0.00815. The molecule has 1 saturated carbocycles. The lowest BCUT2D eigenvalue weighted by atomic mass is 9.66. The molecule has 0 spiro atoms. The molecular weight excluding hydrogens is 326 g/mol. The predicted octanol–water partition coefficient (Wildman–Crippen LogP) is 4.29. The smallest absolute Gasteiger partial charge is 0.0873 e. The highest BCUT2D eigenvalue weighted by Crippen LogP contribution is 2.48. The monoisotopic (exact) mass is 345 g/mol. The van der Waals surface area contributed by atoms with Gasteiger partial charge in [0.2, 0.25) is 0 Å². The molecule has 4 heteroatoms. The van der Waals surface area contributed by atoms with E-state index in [4.69, 9.17) is 17.3 Å². The molecule has 3 N–H and O–H groups in total. The van der Waals surface area contributed by atoms with Crippen LogP contribution in [0.25, 0.3) is 0 Å². The zero-order valence-corrected chi connectivity index (χ0v) is 13.5. The van der Waals surface area contributed by atoms with Crippen molar-refractivity contribution in [1.29, 1.82) is 0 Å².